The van der Waals surface area contributed by atoms with E-state index in [2.05, 4.69) is 199 Å². The molecular formula is C57H43NO. The minimum absolute atomic E-state index is 0.532. The van der Waals surface area contributed by atoms with E-state index in [1.807, 2.05) is 0 Å². The summed E-state index contributed by atoms with van der Waals surface area (Å²) >= 11 is 0. The predicted molar refractivity (Wildman–Crippen MR) is 247 cm³/mol. The first-order chi connectivity index (χ1) is 29.3. The minimum Gasteiger partial charge on any atom is -0.454 e. The van der Waals surface area contributed by atoms with Crippen LogP contribution >= 0.6 is 0 Å². The molecule has 10 aromatic rings. The second kappa shape index (κ2) is 13.6. The van der Waals surface area contributed by atoms with E-state index in [0.717, 1.165) is 33.6 Å². The number of benzene rings is 9. The van der Waals surface area contributed by atoms with Crippen molar-refractivity contribution in [2.75, 3.05) is 4.90 Å². The van der Waals surface area contributed by atoms with E-state index in [9.17, 15) is 0 Å². The van der Waals surface area contributed by atoms with Crippen LogP contribution in [0.2, 0.25) is 0 Å². The normalized spacial score (nSPS) is 14.8. The van der Waals surface area contributed by atoms with Gasteiger partial charge in [0, 0.05) is 21.8 Å². The smallest absolute Gasteiger partial charge is 0.159 e. The molecular weight excluding hydrogens is 715 g/mol. The molecule has 0 atom stereocenters. The maximum absolute atomic E-state index is 7.23. The van der Waals surface area contributed by atoms with Gasteiger partial charge in [-0.1, -0.05) is 189 Å². The molecule has 1 heterocycles. The molecule has 2 nitrogen and oxygen atoms in total. The lowest BCUT2D eigenvalue weighted by Gasteiger charge is -2.35. The van der Waals surface area contributed by atoms with E-state index in [0.29, 0.717) is 5.92 Å². The Morgan fingerprint density at radius 2 is 1.00 bits per heavy atom. The molecule has 0 spiro atoms. The Labute approximate surface area is 345 Å². The van der Waals surface area contributed by atoms with E-state index in [-0.39, 0.29) is 0 Å². The van der Waals surface area contributed by atoms with Crippen LogP contribution in [0.5, 0.6) is 0 Å². The van der Waals surface area contributed by atoms with Crippen molar-refractivity contribution in [3.8, 4) is 11.1 Å². The van der Waals surface area contributed by atoms with Crippen LogP contribution in [-0.4, -0.2) is 0 Å². The molecule has 1 fully saturated rings. The summed E-state index contributed by atoms with van der Waals surface area (Å²) in [6.45, 7) is 0. The topological polar surface area (TPSA) is 16.4 Å². The standard InChI is InChI=1S/C57H43NO/c1-5-19-38(20-6-1)44-31-17-32-47-48-33-18-34-51(56(48)59-55(44)47)58(42-26-11-4-12-27-42)52-37-50-54(46-30-16-15-29-45(46)52)53-43-28-14-13-21-39(43)35-36-49(53)57(50,40-22-7-2-8-23-40)41-24-9-3-10-25-41/h2-4,7-18,21-38H,1,5-6,19-20H2. The Morgan fingerprint density at radius 1 is 0.424 bits per heavy atom. The van der Waals surface area contributed by atoms with Crippen molar-refractivity contribution in [3.05, 3.63) is 222 Å². The van der Waals surface area contributed by atoms with Gasteiger partial charge in [-0.05, 0) is 98.1 Å². The van der Waals surface area contributed by atoms with Gasteiger partial charge in [-0.2, -0.15) is 0 Å². The molecule has 2 heteroatoms. The van der Waals surface area contributed by atoms with Gasteiger partial charge in [-0.3, -0.25) is 0 Å². The summed E-state index contributed by atoms with van der Waals surface area (Å²) in [5.74, 6) is 0.532. The van der Waals surface area contributed by atoms with Gasteiger partial charge < -0.3 is 9.32 Å². The van der Waals surface area contributed by atoms with Crippen molar-refractivity contribution in [2.24, 2.45) is 0 Å². The van der Waals surface area contributed by atoms with E-state index in [1.54, 1.807) is 0 Å². The zero-order valence-corrected chi connectivity index (χ0v) is 32.9. The molecule has 0 aliphatic heterocycles. The second-order valence-corrected chi connectivity index (χ2v) is 16.5. The van der Waals surface area contributed by atoms with Gasteiger partial charge >= 0.3 is 0 Å². The van der Waals surface area contributed by atoms with Crippen LogP contribution in [0, 0.1) is 0 Å². The minimum atomic E-state index is -0.585. The fourth-order valence-corrected chi connectivity index (χ4v) is 11.0. The van der Waals surface area contributed by atoms with Crippen molar-refractivity contribution < 1.29 is 4.42 Å². The molecule has 1 aromatic heterocycles. The Kier molecular flexibility index (Phi) is 7.88. The fraction of sp³-hybridized carbons (Fsp3) is 0.123. The van der Waals surface area contributed by atoms with Crippen molar-refractivity contribution in [3.63, 3.8) is 0 Å². The third-order valence-corrected chi connectivity index (χ3v) is 13.5. The summed E-state index contributed by atoms with van der Waals surface area (Å²) in [7, 11) is 0. The third kappa shape index (κ3) is 5.06. The second-order valence-electron chi connectivity index (χ2n) is 16.5. The Balaban J connectivity index is 1.21. The number of furan rings is 1. The maximum atomic E-state index is 7.23. The van der Waals surface area contributed by atoms with Crippen molar-refractivity contribution in [2.45, 2.75) is 43.4 Å². The molecule has 12 rings (SSSR count). The van der Waals surface area contributed by atoms with Crippen molar-refractivity contribution in [1.82, 2.24) is 0 Å². The first kappa shape index (κ1) is 34.2. The number of fused-ring (bicyclic) bond motifs is 10. The average molecular weight is 758 g/mol. The molecule has 0 amide bonds. The lowest BCUT2D eigenvalue weighted by molar-refractivity contribution is 0.442. The molecule has 0 unspecified atom stereocenters. The summed E-state index contributed by atoms with van der Waals surface area (Å²) in [6.07, 6.45) is 6.35. The average Bonchev–Trinajstić information content (AvgIpc) is 3.85. The predicted octanol–water partition coefficient (Wildman–Crippen LogP) is 15.8. The first-order valence-electron chi connectivity index (χ1n) is 21.3. The molecule has 0 radical (unpaired) electrons. The zero-order valence-electron chi connectivity index (χ0n) is 32.9. The van der Waals surface area contributed by atoms with Gasteiger partial charge in [0.15, 0.2) is 5.58 Å². The van der Waals surface area contributed by atoms with Gasteiger partial charge in [0.25, 0.3) is 0 Å². The number of hydrogen-bond donors (Lipinski definition) is 0. The summed E-state index contributed by atoms with van der Waals surface area (Å²) < 4.78 is 7.23. The van der Waals surface area contributed by atoms with Gasteiger partial charge in [-0.25, -0.2) is 0 Å². The Bertz CT molecular complexity index is 3150. The van der Waals surface area contributed by atoms with Crippen LogP contribution in [-0.2, 0) is 5.41 Å². The highest BCUT2D eigenvalue weighted by molar-refractivity contribution is 6.17. The van der Waals surface area contributed by atoms with Crippen LogP contribution in [0.25, 0.3) is 54.6 Å². The van der Waals surface area contributed by atoms with Gasteiger partial charge in [0.2, 0.25) is 0 Å². The number of para-hydroxylation sites is 3. The van der Waals surface area contributed by atoms with Gasteiger partial charge in [-0.15, -0.1) is 0 Å². The molecule has 2 aliphatic rings. The number of rotatable bonds is 6. The zero-order chi connectivity index (χ0) is 38.9. The van der Waals surface area contributed by atoms with Crippen molar-refractivity contribution in [1.29, 1.82) is 0 Å². The highest BCUT2D eigenvalue weighted by Crippen LogP contribution is 2.61. The first-order valence-corrected chi connectivity index (χ1v) is 21.3. The van der Waals surface area contributed by atoms with Gasteiger partial charge in [0.1, 0.15) is 5.58 Å². The number of nitrogens with zero attached hydrogens (tertiary/aromatic N) is 1. The highest BCUT2D eigenvalue weighted by Gasteiger charge is 2.48. The molecule has 1 saturated carbocycles. The summed E-state index contributed by atoms with van der Waals surface area (Å²) in [4.78, 5) is 2.47. The monoisotopic (exact) mass is 757 g/mol. The van der Waals surface area contributed by atoms with E-state index in [1.165, 1.54) is 98.0 Å². The molecule has 0 N–H and O–H groups in total. The van der Waals surface area contributed by atoms with Crippen LogP contribution in [0.15, 0.2) is 199 Å². The van der Waals surface area contributed by atoms with E-state index >= 15 is 0 Å². The van der Waals surface area contributed by atoms with Crippen molar-refractivity contribution >= 4 is 60.5 Å². The molecule has 282 valence electrons. The summed E-state index contributed by atoms with van der Waals surface area (Å²) in [5.41, 5.74) is 13.7. The quantitative estimate of drug-likeness (QED) is 0.168. The van der Waals surface area contributed by atoms with Crippen LogP contribution < -0.4 is 4.90 Å². The number of hydrogen-bond acceptors (Lipinski definition) is 2. The Morgan fingerprint density at radius 3 is 1.73 bits per heavy atom. The summed E-state index contributed by atoms with van der Waals surface area (Å²) in [6, 6.07) is 72.0. The SMILES string of the molecule is c1ccc(N(c2cc3c(c4ccccc24)-c2c(ccc4ccccc24)C3(c2ccccc2)c2ccccc2)c2cccc3c2oc2c(C4CCCCC4)cccc23)cc1. The van der Waals surface area contributed by atoms with E-state index < -0.39 is 5.41 Å². The molecule has 0 saturated heterocycles. The van der Waals surface area contributed by atoms with Crippen LogP contribution in [0.1, 0.15) is 65.8 Å². The largest absolute Gasteiger partial charge is 0.454 e. The summed E-state index contributed by atoms with van der Waals surface area (Å²) in [5, 5.41) is 7.32. The van der Waals surface area contributed by atoms with Crippen LogP contribution in [0.3, 0.4) is 0 Å². The van der Waals surface area contributed by atoms with Crippen LogP contribution in [0.4, 0.5) is 17.1 Å². The Hall–Kier alpha value is -6.90. The fourth-order valence-electron chi connectivity index (χ4n) is 11.0. The lowest BCUT2D eigenvalue weighted by atomic mass is 9.67. The number of anilines is 3. The third-order valence-electron chi connectivity index (χ3n) is 13.5. The molecule has 0 bridgehead atoms. The maximum Gasteiger partial charge on any atom is 0.159 e. The molecule has 2 aliphatic carbocycles. The van der Waals surface area contributed by atoms with E-state index in [4.69, 9.17) is 4.42 Å². The van der Waals surface area contributed by atoms with Gasteiger partial charge in [0.05, 0.1) is 16.8 Å². The molecule has 9 aromatic carbocycles. The molecule has 59 heavy (non-hydrogen) atoms. The lowest BCUT2D eigenvalue weighted by Crippen LogP contribution is -2.28. The highest BCUT2D eigenvalue weighted by atomic mass is 16.3.